The Hall–Kier alpha value is -2.08. The first-order valence-corrected chi connectivity index (χ1v) is 9.14. The first kappa shape index (κ1) is 17.7. The van der Waals surface area contributed by atoms with Gasteiger partial charge in [-0.2, -0.15) is 0 Å². The van der Waals surface area contributed by atoms with Crippen LogP contribution in [-0.4, -0.2) is 56.5 Å². The predicted molar refractivity (Wildman–Crippen MR) is 99.7 cm³/mol. The summed E-state index contributed by atoms with van der Waals surface area (Å²) in [7, 11) is 2.14. The Kier molecular flexibility index (Phi) is 5.58. The Labute approximate surface area is 149 Å². The van der Waals surface area contributed by atoms with Crippen molar-refractivity contribution >= 4 is 23.2 Å². The number of nitrogens with zero attached hydrogens (tertiary/aromatic N) is 2. The van der Waals surface area contributed by atoms with Crippen molar-refractivity contribution in [2.45, 2.75) is 19.8 Å². The van der Waals surface area contributed by atoms with E-state index in [1.54, 1.807) is 0 Å². The second-order valence-electron chi connectivity index (χ2n) is 7.23. The van der Waals surface area contributed by atoms with Crippen LogP contribution in [0, 0.1) is 11.8 Å². The first-order valence-electron chi connectivity index (χ1n) is 9.14. The molecule has 0 bridgehead atoms. The Balaban J connectivity index is 1.44. The molecule has 25 heavy (non-hydrogen) atoms. The molecule has 1 saturated heterocycles. The van der Waals surface area contributed by atoms with Gasteiger partial charge in [0.15, 0.2) is 0 Å². The molecule has 2 fully saturated rings. The second kappa shape index (κ2) is 7.87. The Bertz CT molecular complexity index is 604. The quantitative estimate of drug-likeness (QED) is 0.822. The molecule has 1 unspecified atom stereocenters. The minimum atomic E-state index is -0.191. The van der Waals surface area contributed by atoms with Crippen LogP contribution in [-0.2, 0) is 9.59 Å². The van der Waals surface area contributed by atoms with Gasteiger partial charge in [-0.3, -0.25) is 9.59 Å². The zero-order valence-corrected chi connectivity index (χ0v) is 15.1. The van der Waals surface area contributed by atoms with Gasteiger partial charge in [0.05, 0.1) is 6.54 Å². The molecule has 2 N–H and O–H groups in total. The van der Waals surface area contributed by atoms with Crippen molar-refractivity contribution in [2.24, 2.45) is 11.8 Å². The van der Waals surface area contributed by atoms with E-state index in [1.807, 2.05) is 31.2 Å². The highest BCUT2D eigenvalue weighted by atomic mass is 16.2. The van der Waals surface area contributed by atoms with Gasteiger partial charge in [-0.25, -0.2) is 0 Å². The minimum absolute atomic E-state index is 0.00988. The summed E-state index contributed by atoms with van der Waals surface area (Å²) in [5.41, 5.74) is 1.94. The van der Waals surface area contributed by atoms with Crippen LogP contribution >= 0.6 is 0 Å². The van der Waals surface area contributed by atoms with Crippen LogP contribution in [0.15, 0.2) is 24.3 Å². The van der Waals surface area contributed by atoms with Gasteiger partial charge in [-0.05, 0) is 50.1 Å². The molecular weight excluding hydrogens is 316 g/mol. The molecule has 6 nitrogen and oxygen atoms in total. The standard InChI is InChI=1S/C19H28N4O2/c1-14(15-3-4-15)19(25)20-13-18(24)21-16-5-7-17(8-6-16)23-11-9-22(2)10-12-23/h5-8,14-15H,3-4,9-13H2,1-2H3,(H,20,25)(H,21,24). The number of likely N-dealkylation sites (N-methyl/N-ethyl adjacent to an activating group) is 1. The topological polar surface area (TPSA) is 64.7 Å². The lowest BCUT2D eigenvalue weighted by Crippen LogP contribution is -2.44. The summed E-state index contributed by atoms with van der Waals surface area (Å²) in [5, 5.41) is 5.56. The van der Waals surface area contributed by atoms with Crippen LogP contribution in [0.1, 0.15) is 19.8 Å². The first-order chi connectivity index (χ1) is 12.0. The molecule has 0 spiro atoms. The number of carbonyl (C=O) groups excluding carboxylic acids is 2. The van der Waals surface area contributed by atoms with E-state index in [1.165, 1.54) is 5.69 Å². The Morgan fingerprint density at radius 1 is 1.12 bits per heavy atom. The van der Waals surface area contributed by atoms with E-state index in [-0.39, 0.29) is 24.3 Å². The van der Waals surface area contributed by atoms with Gasteiger partial charge in [-0.1, -0.05) is 6.92 Å². The third-order valence-corrected chi connectivity index (χ3v) is 5.19. The number of carbonyl (C=O) groups is 2. The summed E-state index contributed by atoms with van der Waals surface area (Å²) >= 11 is 0. The van der Waals surface area contributed by atoms with Gasteiger partial charge in [0.25, 0.3) is 0 Å². The van der Waals surface area contributed by atoms with E-state index in [4.69, 9.17) is 0 Å². The van der Waals surface area contributed by atoms with Gasteiger partial charge < -0.3 is 20.4 Å². The maximum absolute atomic E-state index is 12.0. The third kappa shape index (κ3) is 4.95. The van der Waals surface area contributed by atoms with Crippen LogP contribution in [0.4, 0.5) is 11.4 Å². The van der Waals surface area contributed by atoms with Gasteiger partial charge in [0, 0.05) is 43.5 Å². The third-order valence-electron chi connectivity index (χ3n) is 5.19. The van der Waals surface area contributed by atoms with E-state index < -0.39 is 0 Å². The molecule has 1 aromatic carbocycles. The number of amides is 2. The van der Waals surface area contributed by atoms with E-state index in [9.17, 15) is 9.59 Å². The average molecular weight is 344 g/mol. The van der Waals surface area contributed by atoms with Gasteiger partial charge in [0.1, 0.15) is 0 Å². The SMILES string of the molecule is CC(C(=O)NCC(=O)Nc1ccc(N2CCN(C)CC2)cc1)C1CC1. The number of rotatable bonds is 6. The predicted octanol–water partition coefficient (Wildman–Crippen LogP) is 1.54. The van der Waals surface area contributed by atoms with E-state index in [0.717, 1.165) is 44.7 Å². The molecule has 136 valence electrons. The minimum Gasteiger partial charge on any atom is -0.369 e. The maximum atomic E-state index is 12.0. The molecule has 3 rings (SSSR count). The normalized spacial score (nSPS) is 19.4. The van der Waals surface area contributed by atoms with Crippen molar-refractivity contribution in [3.8, 4) is 0 Å². The zero-order chi connectivity index (χ0) is 17.8. The molecule has 2 aliphatic rings. The largest absolute Gasteiger partial charge is 0.369 e. The Morgan fingerprint density at radius 3 is 2.36 bits per heavy atom. The average Bonchev–Trinajstić information content (AvgIpc) is 3.45. The molecule has 2 amide bonds. The summed E-state index contributed by atoms with van der Waals surface area (Å²) in [6, 6.07) is 7.91. The highest BCUT2D eigenvalue weighted by Crippen LogP contribution is 2.36. The summed E-state index contributed by atoms with van der Waals surface area (Å²) in [5.74, 6) is 0.299. The Morgan fingerprint density at radius 2 is 1.76 bits per heavy atom. The highest BCUT2D eigenvalue weighted by molar-refractivity contribution is 5.94. The maximum Gasteiger partial charge on any atom is 0.243 e. The van der Waals surface area contributed by atoms with Crippen LogP contribution in [0.25, 0.3) is 0 Å². The lowest BCUT2D eigenvalue weighted by molar-refractivity contribution is -0.127. The molecule has 1 saturated carbocycles. The molecule has 6 heteroatoms. The molecule has 0 radical (unpaired) electrons. The fourth-order valence-electron chi connectivity index (χ4n) is 3.16. The van der Waals surface area contributed by atoms with Crippen molar-refractivity contribution in [1.82, 2.24) is 10.2 Å². The van der Waals surface area contributed by atoms with Crippen LogP contribution in [0.2, 0.25) is 0 Å². The number of hydrogen-bond donors (Lipinski definition) is 2. The number of nitrogens with one attached hydrogen (secondary N) is 2. The lowest BCUT2D eigenvalue weighted by atomic mass is 10.1. The summed E-state index contributed by atoms with van der Waals surface area (Å²) in [6.45, 7) is 6.13. The molecule has 0 aromatic heterocycles. The van der Waals surface area contributed by atoms with Crippen molar-refractivity contribution in [2.75, 3.05) is 50.0 Å². The smallest absolute Gasteiger partial charge is 0.243 e. The van der Waals surface area contributed by atoms with E-state index >= 15 is 0 Å². The van der Waals surface area contributed by atoms with Crippen molar-refractivity contribution in [3.63, 3.8) is 0 Å². The zero-order valence-electron chi connectivity index (χ0n) is 15.1. The summed E-state index contributed by atoms with van der Waals surface area (Å²) in [6.07, 6.45) is 2.25. The summed E-state index contributed by atoms with van der Waals surface area (Å²) < 4.78 is 0. The molecule has 1 aromatic rings. The highest BCUT2D eigenvalue weighted by Gasteiger charge is 2.32. The van der Waals surface area contributed by atoms with Crippen LogP contribution in [0.5, 0.6) is 0 Å². The molecule has 1 aliphatic carbocycles. The van der Waals surface area contributed by atoms with Crippen molar-refractivity contribution < 1.29 is 9.59 Å². The molecule has 1 aliphatic heterocycles. The molecule has 1 atom stereocenters. The molecule has 1 heterocycles. The monoisotopic (exact) mass is 344 g/mol. The van der Waals surface area contributed by atoms with Crippen LogP contribution < -0.4 is 15.5 Å². The van der Waals surface area contributed by atoms with E-state index in [2.05, 4.69) is 27.5 Å². The van der Waals surface area contributed by atoms with Crippen molar-refractivity contribution in [1.29, 1.82) is 0 Å². The number of anilines is 2. The van der Waals surface area contributed by atoms with Gasteiger partial charge in [0.2, 0.25) is 11.8 Å². The van der Waals surface area contributed by atoms with Crippen molar-refractivity contribution in [3.05, 3.63) is 24.3 Å². The van der Waals surface area contributed by atoms with Crippen LogP contribution in [0.3, 0.4) is 0 Å². The fraction of sp³-hybridized carbons (Fsp3) is 0.579. The summed E-state index contributed by atoms with van der Waals surface area (Å²) in [4.78, 5) is 28.6. The number of benzene rings is 1. The molecular formula is C19H28N4O2. The van der Waals surface area contributed by atoms with Gasteiger partial charge >= 0.3 is 0 Å². The second-order valence-corrected chi connectivity index (χ2v) is 7.23. The number of piperazine rings is 1. The number of hydrogen-bond acceptors (Lipinski definition) is 4. The fourth-order valence-corrected chi connectivity index (χ4v) is 3.16. The lowest BCUT2D eigenvalue weighted by Gasteiger charge is -2.34. The van der Waals surface area contributed by atoms with Gasteiger partial charge in [-0.15, -0.1) is 0 Å². The van der Waals surface area contributed by atoms with E-state index in [0.29, 0.717) is 5.92 Å².